The highest BCUT2D eigenvalue weighted by atomic mass is 32.1. The number of hydrogen-bond acceptors (Lipinski definition) is 4. The number of rotatable bonds is 3. The van der Waals surface area contributed by atoms with Crippen LogP contribution in [0.15, 0.2) is 0 Å². The van der Waals surface area contributed by atoms with Crippen molar-refractivity contribution < 1.29 is 13.6 Å². The molecule has 0 bridgehead atoms. The molecule has 7 heteroatoms. The van der Waals surface area contributed by atoms with E-state index < -0.39 is 5.92 Å². The highest BCUT2D eigenvalue weighted by molar-refractivity contribution is 7.11. The average molecular weight is 369 g/mol. The molecule has 25 heavy (non-hydrogen) atoms. The summed E-state index contributed by atoms with van der Waals surface area (Å²) in [6.45, 7) is 3.08. The Morgan fingerprint density at radius 2 is 1.88 bits per heavy atom. The molecule has 4 nitrogen and oxygen atoms in total. The minimum atomic E-state index is -2.59. The topological polar surface area (TPSA) is 36.4 Å². The number of alkyl halides is 2. The van der Waals surface area contributed by atoms with E-state index in [1.807, 2.05) is 11.3 Å². The molecule has 1 aromatic heterocycles. The van der Waals surface area contributed by atoms with Gasteiger partial charge in [-0.05, 0) is 45.2 Å². The van der Waals surface area contributed by atoms with Gasteiger partial charge in [0.05, 0.1) is 12.2 Å². The Kier molecular flexibility index (Phi) is 4.79. The molecular formula is C18H25F2N3OS. The Balaban J connectivity index is 1.26. The van der Waals surface area contributed by atoms with E-state index in [1.54, 1.807) is 4.90 Å². The molecule has 3 aliphatic rings. The van der Waals surface area contributed by atoms with E-state index in [9.17, 15) is 13.6 Å². The van der Waals surface area contributed by atoms with E-state index in [0.29, 0.717) is 0 Å². The number of aryl methyl sites for hydroxylation is 2. The van der Waals surface area contributed by atoms with E-state index in [2.05, 4.69) is 4.90 Å². The second kappa shape index (κ2) is 6.91. The number of fused-ring (bicyclic) bond motifs is 1. The molecule has 0 atom stereocenters. The highest BCUT2D eigenvalue weighted by Gasteiger charge is 2.37. The van der Waals surface area contributed by atoms with Crippen molar-refractivity contribution in [3.05, 3.63) is 15.6 Å². The zero-order chi connectivity index (χ0) is 17.4. The summed E-state index contributed by atoms with van der Waals surface area (Å²) in [4.78, 5) is 22.8. The van der Waals surface area contributed by atoms with Crippen LogP contribution >= 0.6 is 11.3 Å². The van der Waals surface area contributed by atoms with Crippen molar-refractivity contribution in [2.45, 2.75) is 57.4 Å². The fourth-order valence-corrected chi connectivity index (χ4v) is 5.35. The number of nitrogens with zero attached hydrogens (tertiary/aromatic N) is 3. The first-order valence-electron chi connectivity index (χ1n) is 9.37. The summed E-state index contributed by atoms with van der Waals surface area (Å²) in [5.41, 5.74) is 1.30. The summed E-state index contributed by atoms with van der Waals surface area (Å²) in [6.07, 6.45) is 4.83. The Bertz CT molecular complexity index is 609. The number of aromatic nitrogens is 1. The molecule has 0 N–H and O–H groups in total. The molecule has 4 rings (SSSR count). The lowest BCUT2D eigenvalue weighted by Gasteiger charge is -2.37. The van der Waals surface area contributed by atoms with E-state index >= 15 is 0 Å². The summed E-state index contributed by atoms with van der Waals surface area (Å²) in [7, 11) is 0. The van der Waals surface area contributed by atoms with Crippen LogP contribution in [0.3, 0.4) is 0 Å². The van der Waals surface area contributed by atoms with Gasteiger partial charge in [0, 0.05) is 36.7 Å². The lowest BCUT2D eigenvalue weighted by molar-refractivity contribution is -0.143. The van der Waals surface area contributed by atoms with Crippen LogP contribution in [0.25, 0.3) is 0 Å². The van der Waals surface area contributed by atoms with E-state index in [1.165, 1.54) is 28.4 Å². The molecule has 2 aliphatic heterocycles. The van der Waals surface area contributed by atoms with Gasteiger partial charge in [0.1, 0.15) is 5.01 Å². The summed E-state index contributed by atoms with van der Waals surface area (Å²) in [5, 5.41) is 1.20. The van der Waals surface area contributed by atoms with E-state index in [0.717, 1.165) is 38.9 Å². The second-order valence-corrected chi connectivity index (χ2v) is 8.73. The van der Waals surface area contributed by atoms with Gasteiger partial charge >= 0.3 is 0 Å². The third-order valence-electron chi connectivity index (χ3n) is 5.74. The Labute approximate surface area is 151 Å². The first-order valence-corrected chi connectivity index (χ1v) is 10.2. The van der Waals surface area contributed by atoms with Gasteiger partial charge in [0.15, 0.2) is 0 Å². The standard InChI is InChI=1S/C18H25F2N3OS/c19-18(20)6-10-23(11-7-18)17(24)13-4-8-22(9-5-13)12-16-21-14-2-1-3-15(14)25-16/h13H,1-12H2. The van der Waals surface area contributed by atoms with Gasteiger partial charge in [-0.25, -0.2) is 13.8 Å². The van der Waals surface area contributed by atoms with Crippen LogP contribution in [-0.2, 0) is 24.2 Å². The maximum atomic E-state index is 13.3. The van der Waals surface area contributed by atoms with Crippen molar-refractivity contribution in [3.8, 4) is 0 Å². The van der Waals surface area contributed by atoms with Crippen molar-refractivity contribution in [3.63, 3.8) is 0 Å². The van der Waals surface area contributed by atoms with Crippen LogP contribution in [0.1, 0.15) is 47.7 Å². The van der Waals surface area contributed by atoms with Crippen LogP contribution in [0.4, 0.5) is 8.78 Å². The zero-order valence-electron chi connectivity index (χ0n) is 14.5. The number of hydrogen-bond donors (Lipinski definition) is 0. The van der Waals surface area contributed by atoms with Crippen LogP contribution in [0.5, 0.6) is 0 Å². The molecule has 2 saturated heterocycles. The summed E-state index contributed by atoms with van der Waals surface area (Å²) >= 11 is 1.85. The van der Waals surface area contributed by atoms with Crippen molar-refractivity contribution in [1.29, 1.82) is 0 Å². The second-order valence-electron chi connectivity index (χ2n) is 7.56. The van der Waals surface area contributed by atoms with Gasteiger partial charge in [0.2, 0.25) is 5.91 Å². The third-order valence-corrected chi connectivity index (χ3v) is 6.88. The smallest absolute Gasteiger partial charge is 0.251 e. The number of piperidine rings is 2. The van der Waals surface area contributed by atoms with Crippen LogP contribution in [0, 0.1) is 5.92 Å². The van der Waals surface area contributed by atoms with Gasteiger partial charge in [0.25, 0.3) is 5.92 Å². The predicted molar refractivity (Wildman–Crippen MR) is 92.9 cm³/mol. The first-order chi connectivity index (χ1) is 12.0. The highest BCUT2D eigenvalue weighted by Crippen LogP contribution is 2.31. The fourth-order valence-electron chi connectivity index (χ4n) is 4.15. The predicted octanol–water partition coefficient (Wildman–Crippen LogP) is 3.10. The maximum absolute atomic E-state index is 13.3. The normalized spacial score (nSPS) is 24.5. The first kappa shape index (κ1) is 17.3. The molecule has 138 valence electrons. The van der Waals surface area contributed by atoms with Gasteiger partial charge in [-0.15, -0.1) is 11.3 Å². The monoisotopic (exact) mass is 369 g/mol. The van der Waals surface area contributed by atoms with E-state index in [4.69, 9.17) is 4.98 Å². The number of likely N-dealkylation sites (tertiary alicyclic amines) is 2. The number of carbonyl (C=O) groups is 1. The quantitative estimate of drug-likeness (QED) is 0.821. The largest absolute Gasteiger partial charge is 0.342 e. The lowest BCUT2D eigenvalue weighted by Crippen LogP contribution is -2.47. The van der Waals surface area contributed by atoms with Gasteiger partial charge < -0.3 is 4.90 Å². The van der Waals surface area contributed by atoms with E-state index in [-0.39, 0.29) is 37.8 Å². The maximum Gasteiger partial charge on any atom is 0.251 e. The molecule has 1 aliphatic carbocycles. The average Bonchev–Trinajstić information content (AvgIpc) is 3.16. The summed E-state index contributed by atoms with van der Waals surface area (Å²) in [5.74, 6) is -2.50. The fraction of sp³-hybridized carbons (Fsp3) is 0.778. The molecule has 0 spiro atoms. The summed E-state index contributed by atoms with van der Waals surface area (Å²) < 4.78 is 26.5. The third kappa shape index (κ3) is 3.87. The number of halogens is 2. The van der Waals surface area contributed by atoms with Gasteiger partial charge in [-0.2, -0.15) is 0 Å². The lowest BCUT2D eigenvalue weighted by atomic mass is 9.94. The number of carbonyl (C=O) groups excluding carboxylic acids is 1. The molecular weight excluding hydrogens is 344 g/mol. The van der Waals surface area contributed by atoms with Crippen molar-refractivity contribution >= 4 is 17.2 Å². The zero-order valence-corrected chi connectivity index (χ0v) is 15.3. The molecule has 2 fully saturated rings. The minimum Gasteiger partial charge on any atom is -0.342 e. The van der Waals surface area contributed by atoms with Crippen LogP contribution in [0.2, 0.25) is 0 Å². The van der Waals surface area contributed by atoms with Crippen molar-refractivity contribution in [2.75, 3.05) is 26.2 Å². The van der Waals surface area contributed by atoms with Gasteiger partial charge in [-0.3, -0.25) is 9.69 Å². The van der Waals surface area contributed by atoms with Crippen molar-refractivity contribution in [2.24, 2.45) is 5.92 Å². The Morgan fingerprint density at radius 1 is 1.16 bits per heavy atom. The molecule has 0 aromatic carbocycles. The summed E-state index contributed by atoms with van der Waals surface area (Å²) in [6, 6.07) is 0. The number of thiazole rings is 1. The SMILES string of the molecule is O=C(C1CCN(Cc2nc3c(s2)CCC3)CC1)N1CCC(F)(F)CC1. The Hall–Kier alpha value is -1.08. The molecule has 1 amide bonds. The van der Waals surface area contributed by atoms with Gasteiger partial charge in [-0.1, -0.05) is 0 Å². The van der Waals surface area contributed by atoms with Crippen molar-refractivity contribution in [1.82, 2.24) is 14.8 Å². The number of amides is 1. The Morgan fingerprint density at radius 3 is 2.56 bits per heavy atom. The molecule has 3 heterocycles. The van der Waals surface area contributed by atoms with Crippen LogP contribution in [-0.4, -0.2) is 52.8 Å². The molecule has 0 radical (unpaired) electrons. The molecule has 0 unspecified atom stereocenters. The van der Waals surface area contributed by atoms with Crippen LogP contribution < -0.4 is 0 Å². The minimum absolute atomic E-state index is 0.00396. The molecule has 1 aromatic rings. The molecule has 0 saturated carbocycles.